The van der Waals surface area contributed by atoms with Crippen LogP contribution in [0.1, 0.15) is 31.2 Å². The van der Waals surface area contributed by atoms with E-state index in [0.29, 0.717) is 22.8 Å². The van der Waals surface area contributed by atoms with Crippen LogP contribution in [0.3, 0.4) is 0 Å². The molecule has 0 bridgehead atoms. The van der Waals surface area contributed by atoms with E-state index in [9.17, 15) is 4.79 Å². The highest BCUT2D eigenvalue weighted by molar-refractivity contribution is 6.05. The standard InChI is InChI=1S/C11H16O2Si/c1-2-9(8-11(12)13-14)10-6-4-3-5-7-10/h3-7,9H,2,8H2,1,14H3. The molecule has 1 atom stereocenters. The zero-order valence-corrected chi connectivity index (χ0v) is 10.7. The predicted octanol–water partition coefficient (Wildman–Crippen LogP) is 1.39. The summed E-state index contributed by atoms with van der Waals surface area (Å²) in [5.74, 6) is 0.227. The molecule has 76 valence electrons. The molecule has 0 saturated heterocycles. The minimum Gasteiger partial charge on any atom is -0.529 e. The van der Waals surface area contributed by atoms with Gasteiger partial charge in [-0.1, -0.05) is 37.3 Å². The maximum Gasteiger partial charge on any atom is 0.292 e. The molecule has 0 spiro atoms. The second-order valence-electron chi connectivity index (χ2n) is 3.30. The van der Waals surface area contributed by atoms with E-state index in [1.807, 2.05) is 18.2 Å². The van der Waals surface area contributed by atoms with E-state index in [0.717, 1.165) is 6.42 Å². The van der Waals surface area contributed by atoms with Gasteiger partial charge in [0.2, 0.25) is 10.5 Å². The lowest BCUT2D eigenvalue weighted by Gasteiger charge is -2.13. The van der Waals surface area contributed by atoms with Crippen LogP contribution in [0.2, 0.25) is 0 Å². The summed E-state index contributed by atoms with van der Waals surface area (Å²) in [6, 6.07) is 10.1. The van der Waals surface area contributed by atoms with Crippen molar-refractivity contribution in [3.63, 3.8) is 0 Å². The summed E-state index contributed by atoms with van der Waals surface area (Å²) in [5, 5.41) is 0. The van der Waals surface area contributed by atoms with Crippen molar-refractivity contribution in [3.05, 3.63) is 35.9 Å². The van der Waals surface area contributed by atoms with Crippen LogP contribution in [0, 0.1) is 0 Å². The summed E-state index contributed by atoms with van der Waals surface area (Å²) in [6.07, 6.45) is 1.48. The van der Waals surface area contributed by atoms with Crippen LogP contribution in [0.25, 0.3) is 0 Å². The smallest absolute Gasteiger partial charge is 0.292 e. The van der Waals surface area contributed by atoms with Gasteiger partial charge in [0.25, 0.3) is 5.97 Å². The summed E-state index contributed by atoms with van der Waals surface area (Å²) in [4.78, 5) is 11.2. The second-order valence-corrected chi connectivity index (χ2v) is 3.70. The fourth-order valence-electron chi connectivity index (χ4n) is 1.51. The van der Waals surface area contributed by atoms with E-state index >= 15 is 0 Å². The zero-order chi connectivity index (χ0) is 10.4. The average Bonchev–Trinajstić information content (AvgIpc) is 2.26. The minimum atomic E-state index is -0.0765. The zero-order valence-electron chi connectivity index (χ0n) is 8.69. The summed E-state index contributed by atoms with van der Waals surface area (Å²) in [7, 11) is 0.494. The Morgan fingerprint density at radius 1 is 1.43 bits per heavy atom. The van der Waals surface area contributed by atoms with Gasteiger partial charge in [-0.3, -0.25) is 4.79 Å². The van der Waals surface area contributed by atoms with Crippen molar-refractivity contribution < 1.29 is 9.22 Å². The molecule has 0 fully saturated rings. The molecule has 0 aliphatic carbocycles. The third-order valence-electron chi connectivity index (χ3n) is 2.40. The van der Waals surface area contributed by atoms with Crippen LogP contribution in [-0.2, 0) is 9.22 Å². The summed E-state index contributed by atoms with van der Waals surface area (Å²) in [5.41, 5.74) is 1.22. The SMILES string of the molecule is CCC(CC(=O)O[SiH3])c1ccccc1. The van der Waals surface area contributed by atoms with Crippen molar-refractivity contribution >= 4 is 16.5 Å². The molecule has 0 radical (unpaired) electrons. The maximum absolute atomic E-state index is 11.2. The Labute approximate surface area is 87.8 Å². The van der Waals surface area contributed by atoms with Gasteiger partial charge in [-0.15, -0.1) is 0 Å². The van der Waals surface area contributed by atoms with Crippen LogP contribution in [-0.4, -0.2) is 16.5 Å². The lowest BCUT2D eigenvalue weighted by atomic mass is 9.93. The molecule has 2 nitrogen and oxygen atoms in total. The molecule has 0 heterocycles. The number of hydrogen-bond donors (Lipinski definition) is 0. The van der Waals surface area contributed by atoms with E-state index in [-0.39, 0.29) is 5.97 Å². The highest BCUT2D eigenvalue weighted by Crippen LogP contribution is 2.22. The molecule has 0 saturated carbocycles. The number of rotatable bonds is 4. The topological polar surface area (TPSA) is 26.3 Å². The molecule has 14 heavy (non-hydrogen) atoms. The van der Waals surface area contributed by atoms with Crippen LogP contribution < -0.4 is 0 Å². The summed E-state index contributed by atoms with van der Waals surface area (Å²) < 4.78 is 4.80. The molecule has 1 unspecified atom stereocenters. The number of carbonyl (C=O) groups is 1. The van der Waals surface area contributed by atoms with Crippen molar-refractivity contribution in [2.24, 2.45) is 0 Å². The van der Waals surface area contributed by atoms with Gasteiger partial charge in [-0.2, -0.15) is 0 Å². The number of hydrogen-bond acceptors (Lipinski definition) is 2. The van der Waals surface area contributed by atoms with E-state index < -0.39 is 0 Å². The molecule has 0 aliphatic heterocycles. The molecular weight excluding hydrogens is 192 g/mol. The van der Waals surface area contributed by atoms with Gasteiger partial charge in [0.1, 0.15) is 0 Å². The van der Waals surface area contributed by atoms with Crippen molar-refractivity contribution in [3.8, 4) is 0 Å². The third kappa shape index (κ3) is 2.99. The monoisotopic (exact) mass is 208 g/mol. The number of carbonyl (C=O) groups excluding carboxylic acids is 1. The molecular formula is C11H16O2Si. The van der Waals surface area contributed by atoms with Gasteiger partial charge < -0.3 is 4.43 Å². The van der Waals surface area contributed by atoms with Crippen LogP contribution >= 0.6 is 0 Å². The van der Waals surface area contributed by atoms with Gasteiger partial charge in [-0.25, -0.2) is 0 Å². The largest absolute Gasteiger partial charge is 0.529 e. The fraction of sp³-hybridized carbons (Fsp3) is 0.364. The lowest BCUT2D eigenvalue weighted by Crippen LogP contribution is -2.08. The number of benzene rings is 1. The Kier molecular flexibility index (Phi) is 4.39. The first-order valence-corrected chi connectivity index (χ1v) is 5.71. The van der Waals surface area contributed by atoms with Gasteiger partial charge in [0.15, 0.2) is 0 Å². The molecule has 0 aromatic heterocycles. The quantitative estimate of drug-likeness (QED) is 0.699. The van der Waals surface area contributed by atoms with Crippen molar-refractivity contribution in [2.45, 2.75) is 25.7 Å². The Morgan fingerprint density at radius 3 is 2.57 bits per heavy atom. The first-order valence-electron chi connectivity index (χ1n) is 4.89. The Hall–Kier alpha value is -1.09. The first-order chi connectivity index (χ1) is 6.77. The van der Waals surface area contributed by atoms with E-state index in [2.05, 4.69) is 19.1 Å². The third-order valence-corrected chi connectivity index (χ3v) is 2.86. The highest BCUT2D eigenvalue weighted by Gasteiger charge is 2.13. The Balaban J connectivity index is 2.68. The fourth-order valence-corrected chi connectivity index (χ4v) is 1.67. The van der Waals surface area contributed by atoms with E-state index in [1.54, 1.807) is 0 Å². The predicted molar refractivity (Wildman–Crippen MR) is 60.1 cm³/mol. The van der Waals surface area contributed by atoms with Gasteiger partial charge in [0.05, 0.1) is 6.42 Å². The molecule has 0 N–H and O–H groups in total. The molecule has 0 amide bonds. The molecule has 1 aromatic carbocycles. The Bertz CT molecular complexity index is 285. The van der Waals surface area contributed by atoms with Gasteiger partial charge >= 0.3 is 0 Å². The van der Waals surface area contributed by atoms with E-state index in [4.69, 9.17) is 4.43 Å². The second kappa shape index (κ2) is 5.60. The van der Waals surface area contributed by atoms with Crippen LogP contribution in [0.4, 0.5) is 0 Å². The van der Waals surface area contributed by atoms with Crippen molar-refractivity contribution in [1.82, 2.24) is 0 Å². The highest BCUT2D eigenvalue weighted by atomic mass is 28.2. The summed E-state index contributed by atoms with van der Waals surface area (Å²) in [6.45, 7) is 2.10. The molecule has 1 aromatic rings. The first kappa shape index (κ1) is 11.0. The summed E-state index contributed by atoms with van der Waals surface area (Å²) >= 11 is 0. The molecule has 3 heteroatoms. The average molecular weight is 208 g/mol. The van der Waals surface area contributed by atoms with Crippen molar-refractivity contribution in [2.75, 3.05) is 0 Å². The van der Waals surface area contributed by atoms with Gasteiger partial charge in [0, 0.05) is 0 Å². The molecule has 0 aliphatic rings. The normalized spacial score (nSPS) is 12.4. The van der Waals surface area contributed by atoms with Gasteiger partial charge in [-0.05, 0) is 17.9 Å². The minimum absolute atomic E-state index is 0.0765. The molecule has 1 rings (SSSR count). The van der Waals surface area contributed by atoms with E-state index in [1.165, 1.54) is 5.56 Å². The van der Waals surface area contributed by atoms with Crippen molar-refractivity contribution in [1.29, 1.82) is 0 Å². The maximum atomic E-state index is 11.2. The Morgan fingerprint density at radius 2 is 2.07 bits per heavy atom. The van der Waals surface area contributed by atoms with Crippen LogP contribution in [0.15, 0.2) is 30.3 Å². The lowest BCUT2D eigenvalue weighted by molar-refractivity contribution is -0.134. The van der Waals surface area contributed by atoms with Crippen LogP contribution in [0.5, 0.6) is 0 Å².